The molecule has 2 N–H and O–H groups in total. The van der Waals surface area contributed by atoms with E-state index in [0.717, 1.165) is 11.6 Å². The van der Waals surface area contributed by atoms with Crippen LogP contribution in [-0.2, 0) is 6.54 Å². The minimum absolute atomic E-state index is 0.177. The molecule has 102 valence electrons. The molecule has 20 heavy (non-hydrogen) atoms. The Morgan fingerprint density at radius 2 is 1.95 bits per heavy atom. The second kappa shape index (κ2) is 4.76. The van der Waals surface area contributed by atoms with Crippen LogP contribution in [0.2, 0.25) is 5.02 Å². The first-order valence-electron chi connectivity index (χ1n) is 5.90. The second-order valence-corrected chi connectivity index (χ2v) is 4.86. The van der Waals surface area contributed by atoms with Crippen LogP contribution in [0.1, 0.15) is 5.56 Å². The van der Waals surface area contributed by atoms with Crippen LogP contribution < -0.4 is 5.73 Å². The van der Waals surface area contributed by atoms with Gasteiger partial charge in [-0.25, -0.2) is 13.8 Å². The Morgan fingerprint density at radius 3 is 2.70 bits per heavy atom. The quantitative estimate of drug-likeness (QED) is 0.784. The van der Waals surface area contributed by atoms with Crippen molar-refractivity contribution >= 4 is 28.6 Å². The summed E-state index contributed by atoms with van der Waals surface area (Å²) in [5, 5.41) is 0.551. The molecule has 0 bridgehead atoms. The molecule has 3 aromatic rings. The number of aromatic nitrogens is 2. The minimum Gasteiger partial charge on any atom is -0.369 e. The Bertz CT molecular complexity index is 798. The first-order valence-corrected chi connectivity index (χ1v) is 6.27. The van der Waals surface area contributed by atoms with Gasteiger partial charge in [0, 0.05) is 16.7 Å². The van der Waals surface area contributed by atoms with Gasteiger partial charge < -0.3 is 10.3 Å². The molecule has 0 atom stereocenters. The number of nitrogens with two attached hydrogens (primary N) is 1. The summed E-state index contributed by atoms with van der Waals surface area (Å²) in [6.07, 6.45) is 0. The highest BCUT2D eigenvalue weighted by atomic mass is 35.5. The number of benzene rings is 2. The van der Waals surface area contributed by atoms with E-state index in [1.165, 1.54) is 12.1 Å². The van der Waals surface area contributed by atoms with Crippen LogP contribution in [0.25, 0.3) is 11.0 Å². The Balaban J connectivity index is 2.08. The summed E-state index contributed by atoms with van der Waals surface area (Å²) in [5.41, 5.74) is 7.57. The van der Waals surface area contributed by atoms with Crippen molar-refractivity contribution in [3.05, 3.63) is 58.6 Å². The van der Waals surface area contributed by atoms with E-state index in [4.69, 9.17) is 17.3 Å². The fourth-order valence-corrected chi connectivity index (χ4v) is 2.27. The number of nitrogen functional groups attached to an aromatic ring is 1. The molecule has 0 fully saturated rings. The Labute approximate surface area is 118 Å². The molecule has 0 saturated carbocycles. The Morgan fingerprint density at radius 1 is 1.15 bits per heavy atom. The molecule has 0 saturated heterocycles. The zero-order chi connectivity index (χ0) is 14.3. The third kappa shape index (κ3) is 2.20. The molecule has 0 aliphatic rings. The molecule has 0 aliphatic heterocycles. The molecule has 6 heteroatoms. The van der Waals surface area contributed by atoms with Crippen LogP contribution in [0.4, 0.5) is 14.7 Å². The number of hydrogen-bond donors (Lipinski definition) is 1. The number of anilines is 1. The maximum atomic E-state index is 13.7. The van der Waals surface area contributed by atoms with E-state index in [0.29, 0.717) is 16.1 Å². The molecular weight excluding hydrogens is 284 g/mol. The van der Waals surface area contributed by atoms with E-state index >= 15 is 0 Å². The molecule has 3 nitrogen and oxygen atoms in total. The third-order valence-corrected chi connectivity index (χ3v) is 3.32. The Kier molecular flexibility index (Phi) is 3.06. The van der Waals surface area contributed by atoms with Crippen LogP contribution in [-0.4, -0.2) is 9.55 Å². The number of rotatable bonds is 2. The summed E-state index contributed by atoms with van der Waals surface area (Å²) in [4.78, 5) is 4.18. The van der Waals surface area contributed by atoms with Crippen molar-refractivity contribution in [3.63, 3.8) is 0 Å². The number of fused-ring (bicyclic) bond motifs is 1. The van der Waals surface area contributed by atoms with E-state index in [-0.39, 0.29) is 12.5 Å². The third-order valence-electron chi connectivity index (χ3n) is 3.08. The van der Waals surface area contributed by atoms with E-state index in [1.807, 2.05) is 0 Å². The molecule has 1 aromatic heterocycles. The summed E-state index contributed by atoms with van der Waals surface area (Å²) < 4.78 is 28.3. The van der Waals surface area contributed by atoms with Gasteiger partial charge in [-0.15, -0.1) is 0 Å². The summed E-state index contributed by atoms with van der Waals surface area (Å²) >= 11 is 5.89. The molecule has 0 unspecified atom stereocenters. The van der Waals surface area contributed by atoms with Crippen LogP contribution >= 0.6 is 11.6 Å². The maximum Gasteiger partial charge on any atom is 0.201 e. The van der Waals surface area contributed by atoms with Gasteiger partial charge in [0.25, 0.3) is 0 Å². The van der Waals surface area contributed by atoms with Crippen LogP contribution in [0, 0.1) is 11.6 Å². The van der Waals surface area contributed by atoms with Gasteiger partial charge in [-0.3, -0.25) is 0 Å². The minimum atomic E-state index is -0.611. The summed E-state index contributed by atoms with van der Waals surface area (Å²) in [7, 11) is 0. The van der Waals surface area contributed by atoms with Gasteiger partial charge in [0.05, 0.1) is 17.6 Å². The molecule has 0 amide bonds. The monoisotopic (exact) mass is 293 g/mol. The van der Waals surface area contributed by atoms with Crippen molar-refractivity contribution in [1.29, 1.82) is 0 Å². The molecule has 0 spiro atoms. The molecule has 3 rings (SSSR count). The largest absolute Gasteiger partial charge is 0.369 e. The lowest BCUT2D eigenvalue weighted by atomic mass is 10.2. The lowest BCUT2D eigenvalue weighted by Crippen LogP contribution is -2.06. The molecular formula is C14H10ClF2N3. The number of hydrogen-bond acceptors (Lipinski definition) is 2. The molecule has 1 heterocycles. The van der Waals surface area contributed by atoms with Crippen molar-refractivity contribution in [2.24, 2.45) is 0 Å². The highest BCUT2D eigenvalue weighted by Crippen LogP contribution is 2.23. The van der Waals surface area contributed by atoms with Gasteiger partial charge in [0.1, 0.15) is 11.6 Å². The Hall–Kier alpha value is -2.14. The lowest BCUT2D eigenvalue weighted by Gasteiger charge is -2.08. The zero-order valence-corrected chi connectivity index (χ0v) is 11.0. The van der Waals surface area contributed by atoms with Gasteiger partial charge in [-0.05, 0) is 24.3 Å². The van der Waals surface area contributed by atoms with E-state index in [1.54, 1.807) is 22.8 Å². The van der Waals surface area contributed by atoms with Crippen molar-refractivity contribution in [2.45, 2.75) is 6.54 Å². The van der Waals surface area contributed by atoms with E-state index in [2.05, 4.69) is 4.98 Å². The fraction of sp³-hybridized carbons (Fsp3) is 0.0714. The topological polar surface area (TPSA) is 43.8 Å². The van der Waals surface area contributed by atoms with Crippen molar-refractivity contribution in [2.75, 3.05) is 5.73 Å². The highest BCUT2D eigenvalue weighted by Gasteiger charge is 2.11. The smallest absolute Gasteiger partial charge is 0.201 e. The first-order chi connectivity index (χ1) is 9.54. The average Bonchev–Trinajstić information content (AvgIpc) is 2.68. The number of nitrogens with zero attached hydrogens (tertiary/aromatic N) is 2. The number of halogens is 3. The molecule has 0 radical (unpaired) electrons. The van der Waals surface area contributed by atoms with Crippen LogP contribution in [0.3, 0.4) is 0 Å². The molecule has 2 aromatic carbocycles. The zero-order valence-electron chi connectivity index (χ0n) is 10.3. The predicted octanol–water partition coefficient (Wildman–Crippen LogP) is 3.60. The fourth-order valence-electron chi connectivity index (χ4n) is 2.11. The highest BCUT2D eigenvalue weighted by molar-refractivity contribution is 6.31. The summed E-state index contributed by atoms with van der Waals surface area (Å²) in [6, 6.07) is 8.62. The van der Waals surface area contributed by atoms with Crippen molar-refractivity contribution in [1.82, 2.24) is 9.55 Å². The maximum absolute atomic E-state index is 13.7. The lowest BCUT2D eigenvalue weighted by molar-refractivity contribution is 0.568. The van der Waals surface area contributed by atoms with Crippen LogP contribution in [0.5, 0.6) is 0 Å². The van der Waals surface area contributed by atoms with Gasteiger partial charge >= 0.3 is 0 Å². The van der Waals surface area contributed by atoms with E-state index < -0.39 is 11.6 Å². The second-order valence-electron chi connectivity index (χ2n) is 4.42. The van der Waals surface area contributed by atoms with Gasteiger partial charge in [-0.1, -0.05) is 17.7 Å². The van der Waals surface area contributed by atoms with Gasteiger partial charge in [0.2, 0.25) is 5.95 Å². The standard InChI is InChI=1S/C14H10ClF2N3/c15-9-2-4-13-12(5-9)19-14(18)20(13)7-8-1-3-10(16)6-11(8)17/h1-6H,7H2,(H2,18,19). The van der Waals surface area contributed by atoms with Crippen molar-refractivity contribution < 1.29 is 8.78 Å². The SMILES string of the molecule is Nc1nc2cc(Cl)ccc2n1Cc1ccc(F)cc1F. The summed E-state index contributed by atoms with van der Waals surface area (Å²) in [6.45, 7) is 0.177. The van der Waals surface area contributed by atoms with E-state index in [9.17, 15) is 8.78 Å². The summed E-state index contributed by atoms with van der Waals surface area (Å²) in [5.74, 6) is -0.965. The van der Waals surface area contributed by atoms with Gasteiger partial charge in [-0.2, -0.15) is 0 Å². The molecule has 0 aliphatic carbocycles. The number of imidazole rings is 1. The van der Waals surface area contributed by atoms with Gasteiger partial charge in [0.15, 0.2) is 0 Å². The van der Waals surface area contributed by atoms with Crippen LogP contribution in [0.15, 0.2) is 36.4 Å². The normalized spacial score (nSPS) is 11.2. The predicted molar refractivity (Wildman–Crippen MR) is 74.6 cm³/mol. The first kappa shape index (κ1) is 12.9. The average molecular weight is 294 g/mol. The van der Waals surface area contributed by atoms with Crippen molar-refractivity contribution in [3.8, 4) is 0 Å².